The number of ketones is 1. The number of hydrogen-bond acceptors (Lipinski definition) is 4. The smallest absolute Gasteiger partial charge is 0.237 e. The first kappa shape index (κ1) is 11.2. The van der Waals surface area contributed by atoms with Gasteiger partial charge in [-0.1, -0.05) is 0 Å². The van der Waals surface area contributed by atoms with Crippen LogP contribution in [0.1, 0.15) is 13.3 Å². The predicted molar refractivity (Wildman–Crippen MR) is 54.7 cm³/mol. The van der Waals surface area contributed by atoms with Crippen molar-refractivity contribution >= 4 is 17.4 Å². The van der Waals surface area contributed by atoms with Gasteiger partial charge in [0.05, 0.1) is 13.5 Å². The fourth-order valence-corrected chi connectivity index (χ4v) is 1.07. The summed E-state index contributed by atoms with van der Waals surface area (Å²) in [6.07, 6.45) is 1.41. The Kier molecular flexibility index (Phi) is 3.79. The van der Waals surface area contributed by atoms with Gasteiger partial charge in [-0.05, 0) is 19.1 Å². The molecule has 0 fully saturated rings. The predicted octanol–water partition coefficient (Wildman–Crippen LogP) is 1.01. The molecule has 0 aliphatic rings. The standard InChI is InChI=1S/C10H12N2O3/c1-7(13)6-9(14)12-8-4-3-5-11-10(8)15-2/h3-5H,6H2,1-2H3,(H,12,14). The minimum absolute atomic E-state index is 0.141. The number of pyridine rings is 1. The molecule has 1 rings (SSSR count). The summed E-state index contributed by atoms with van der Waals surface area (Å²) >= 11 is 0. The highest BCUT2D eigenvalue weighted by atomic mass is 16.5. The van der Waals surface area contributed by atoms with Gasteiger partial charge in [0.2, 0.25) is 11.8 Å². The molecule has 80 valence electrons. The Morgan fingerprint density at radius 2 is 2.27 bits per heavy atom. The Hall–Kier alpha value is -1.91. The van der Waals surface area contributed by atoms with Gasteiger partial charge < -0.3 is 10.1 Å². The van der Waals surface area contributed by atoms with Crippen LogP contribution in [0.25, 0.3) is 0 Å². The van der Waals surface area contributed by atoms with Gasteiger partial charge in [-0.2, -0.15) is 0 Å². The highest BCUT2D eigenvalue weighted by Crippen LogP contribution is 2.19. The van der Waals surface area contributed by atoms with Gasteiger partial charge in [0.25, 0.3) is 0 Å². The average molecular weight is 208 g/mol. The monoisotopic (exact) mass is 208 g/mol. The van der Waals surface area contributed by atoms with E-state index in [2.05, 4.69) is 10.3 Å². The molecule has 0 unspecified atom stereocenters. The van der Waals surface area contributed by atoms with Crippen LogP contribution in [-0.4, -0.2) is 23.8 Å². The topological polar surface area (TPSA) is 68.3 Å². The van der Waals surface area contributed by atoms with Crippen LogP contribution in [0, 0.1) is 0 Å². The summed E-state index contributed by atoms with van der Waals surface area (Å²) in [5.41, 5.74) is 0.464. The molecule has 0 spiro atoms. The molecule has 0 aliphatic carbocycles. The first-order valence-corrected chi connectivity index (χ1v) is 4.41. The highest BCUT2D eigenvalue weighted by Gasteiger charge is 2.09. The number of nitrogens with one attached hydrogen (secondary N) is 1. The van der Waals surface area contributed by atoms with Crippen LogP contribution in [0.4, 0.5) is 5.69 Å². The lowest BCUT2D eigenvalue weighted by atomic mass is 10.3. The minimum atomic E-state index is -0.367. The zero-order valence-electron chi connectivity index (χ0n) is 8.61. The molecular formula is C10H12N2O3. The molecule has 1 N–H and O–H groups in total. The third-order valence-corrected chi connectivity index (χ3v) is 1.65. The summed E-state index contributed by atoms with van der Waals surface area (Å²) in [7, 11) is 1.46. The summed E-state index contributed by atoms with van der Waals surface area (Å²) in [5, 5.41) is 2.55. The fourth-order valence-electron chi connectivity index (χ4n) is 1.07. The summed E-state index contributed by atoms with van der Waals surface area (Å²) in [6.45, 7) is 1.36. The molecule has 1 heterocycles. The second kappa shape index (κ2) is 5.09. The fraction of sp³-hybridized carbons (Fsp3) is 0.300. The first-order chi connectivity index (χ1) is 7.13. The van der Waals surface area contributed by atoms with E-state index in [1.807, 2.05) is 0 Å². The SMILES string of the molecule is COc1ncccc1NC(=O)CC(C)=O. The number of hydrogen-bond donors (Lipinski definition) is 1. The third-order valence-electron chi connectivity index (χ3n) is 1.65. The summed E-state index contributed by atoms with van der Waals surface area (Å²) in [6, 6.07) is 3.33. The first-order valence-electron chi connectivity index (χ1n) is 4.41. The van der Waals surface area contributed by atoms with Gasteiger partial charge in [-0.3, -0.25) is 9.59 Å². The van der Waals surface area contributed by atoms with Crippen molar-refractivity contribution in [2.24, 2.45) is 0 Å². The van der Waals surface area contributed by atoms with Crippen molar-refractivity contribution in [1.82, 2.24) is 4.98 Å². The van der Waals surface area contributed by atoms with Crippen LogP contribution < -0.4 is 10.1 Å². The van der Waals surface area contributed by atoms with Gasteiger partial charge in [0.1, 0.15) is 11.5 Å². The molecule has 1 aromatic heterocycles. The van der Waals surface area contributed by atoms with E-state index in [0.29, 0.717) is 11.6 Å². The van der Waals surface area contributed by atoms with Gasteiger partial charge >= 0.3 is 0 Å². The van der Waals surface area contributed by atoms with E-state index in [9.17, 15) is 9.59 Å². The van der Waals surface area contributed by atoms with Crippen molar-refractivity contribution in [3.05, 3.63) is 18.3 Å². The number of aromatic nitrogens is 1. The number of nitrogens with zero attached hydrogens (tertiary/aromatic N) is 1. The minimum Gasteiger partial charge on any atom is -0.480 e. The maximum Gasteiger partial charge on any atom is 0.237 e. The van der Waals surface area contributed by atoms with Crippen LogP contribution in [0.5, 0.6) is 5.88 Å². The normalized spacial score (nSPS) is 9.47. The molecule has 5 heteroatoms. The van der Waals surface area contributed by atoms with Crippen molar-refractivity contribution in [3.63, 3.8) is 0 Å². The van der Waals surface area contributed by atoms with Crippen molar-refractivity contribution in [3.8, 4) is 5.88 Å². The molecule has 1 amide bonds. The number of ether oxygens (including phenoxy) is 1. The van der Waals surface area contributed by atoms with Gasteiger partial charge in [0.15, 0.2) is 0 Å². The summed E-state index contributed by atoms with van der Waals surface area (Å²) in [4.78, 5) is 25.9. The van der Waals surface area contributed by atoms with Crippen LogP contribution in [-0.2, 0) is 9.59 Å². The zero-order chi connectivity index (χ0) is 11.3. The number of amides is 1. The average Bonchev–Trinajstić information content (AvgIpc) is 2.17. The summed E-state index contributed by atoms with van der Waals surface area (Å²) in [5.74, 6) is -0.224. The van der Waals surface area contributed by atoms with Crippen molar-refractivity contribution in [1.29, 1.82) is 0 Å². The molecule has 15 heavy (non-hydrogen) atoms. The lowest BCUT2D eigenvalue weighted by Gasteiger charge is -2.07. The van der Waals surface area contributed by atoms with E-state index in [1.165, 1.54) is 14.0 Å². The Morgan fingerprint density at radius 1 is 1.53 bits per heavy atom. The third kappa shape index (κ3) is 3.38. The van der Waals surface area contributed by atoms with E-state index in [1.54, 1.807) is 18.3 Å². The second-order valence-corrected chi connectivity index (χ2v) is 2.99. The molecule has 0 radical (unpaired) electrons. The van der Waals surface area contributed by atoms with Gasteiger partial charge in [-0.25, -0.2) is 4.98 Å². The molecule has 0 aromatic carbocycles. The molecular weight excluding hydrogens is 196 g/mol. The van der Waals surface area contributed by atoms with Crippen LogP contribution in [0.2, 0.25) is 0 Å². The number of Topliss-reactive ketones (excluding diaryl/α,β-unsaturated/α-hetero) is 1. The maximum absolute atomic E-state index is 11.3. The van der Waals surface area contributed by atoms with Gasteiger partial charge in [0, 0.05) is 6.20 Å². The van der Waals surface area contributed by atoms with Gasteiger partial charge in [-0.15, -0.1) is 0 Å². The Bertz CT molecular complexity index is 377. The van der Waals surface area contributed by atoms with E-state index in [4.69, 9.17) is 4.74 Å². The van der Waals surface area contributed by atoms with E-state index < -0.39 is 0 Å². The van der Waals surface area contributed by atoms with Crippen LogP contribution in [0.3, 0.4) is 0 Å². The maximum atomic E-state index is 11.3. The molecule has 0 saturated heterocycles. The molecule has 5 nitrogen and oxygen atoms in total. The molecule has 0 aliphatic heterocycles. The number of methoxy groups -OCH3 is 1. The molecule has 0 atom stereocenters. The second-order valence-electron chi connectivity index (χ2n) is 2.99. The highest BCUT2D eigenvalue weighted by molar-refractivity contribution is 6.03. The number of anilines is 1. The van der Waals surface area contributed by atoms with E-state index in [0.717, 1.165) is 0 Å². The quantitative estimate of drug-likeness (QED) is 0.750. The van der Waals surface area contributed by atoms with Crippen molar-refractivity contribution in [2.75, 3.05) is 12.4 Å². The molecule has 1 aromatic rings. The van der Waals surface area contributed by atoms with Crippen molar-refractivity contribution < 1.29 is 14.3 Å². The number of rotatable bonds is 4. The Morgan fingerprint density at radius 3 is 2.87 bits per heavy atom. The molecule has 0 bridgehead atoms. The Labute approximate surface area is 87.5 Å². The number of carbonyl (C=O) groups excluding carboxylic acids is 2. The lowest BCUT2D eigenvalue weighted by Crippen LogP contribution is -2.15. The summed E-state index contributed by atoms with van der Waals surface area (Å²) < 4.78 is 4.94. The zero-order valence-corrected chi connectivity index (χ0v) is 8.61. The van der Waals surface area contributed by atoms with Crippen LogP contribution in [0.15, 0.2) is 18.3 Å². The van der Waals surface area contributed by atoms with Crippen LogP contribution >= 0.6 is 0 Å². The lowest BCUT2D eigenvalue weighted by molar-refractivity contribution is -0.124. The van der Waals surface area contributed by atoms with Crippen molar-refractivity contribution in [2.45, 2.75) is 13.3 Å². The molecule has 0 saturated carbocycles. The van der Waals surface area contributed by atoms with E-state index >= 15 is 0 Å². The van der Waals surface area contributed by atoms with E-state index in [-0.39, 0.29) is 18.1 Å². The Balaban J connectivity index is 2.71. The number of carbonyl (C=O) groups is 2. The largest absolute Gasteiger partial charge is 0.480 e.